The average molecular weight is 270 g/mol. The van der Waals surface area contributed by atoms with Crippen LogP contribution >= 0.6 is 0 Å². The Morgan fingerprint density at radius 3 is 2.56 bits per heavy atom. The molecule has 0 aliphatic rings. The molecule has 0 radical (unpaired) electrons. The topological polar surface area (TPSA) is 81.2 Å². The molecule has 7 heteroatoms. The number of hydrogen-bond acceptors (Lipinski definition) is 4. The number of nitrogens with zero attached hydrogens (tertiary/aromatic N) is 3. The summed E-state index contributed by atoms with van der Waals surface area (Å²) >= 11 is 0. The Hall–Kier alpha value is -1.52. The van der Waals surface area contributed by atoms with E-state index in [-0.39, 0.29) is 17.3 Å². The maximum Gasteiger partial charge on any atom is 0.249 e. The van der Waals surface area contributed by atoms with Crippen molar-refractivity contribution in [2.45, 2.75) is 25.2 Å². The van der Waals surface area contributed by atoms with Gasteiger partial charge in [0, 0.05) is 13.6 Å². The van der Waals surface area contributed by atoms with E-state index < -0.39 is 10.0 Å². The zero-order valence-corrected chi connectivity index (χ0v) is 11.7. The molecule has 100 valence electrons. The Labute approximate surface area is 108 Å². The molecule has 0 spiro atoms. The first-order chi connectivity index (χ1) is 8.36. The Bertz CT molecular complexity index is 569. The smallest absolute Gasteiger partial charge is 0.249 e. The van der Waals surface area contributed by atoms with Gasteiger partial charge in [-0.05, 0) is 13.3 Å². The molecule has 0 saturated heterocycles. The third-order valence-corrected chi connectivity index (χ3v) is 4.65. The van der Waals surface area contributed by atoms with Crippen LogP contribution in [0.25, 0.3) is 0 Å². The first kappa shape index (κ1) is 14.5. The van der Waals surface area contributed by atoms with Gasteiger partial charge in [0.05, 0.1) is 12.2 Å². The molecular formula is C11H18N4O2S. The van der Waals surface area contributed by atoms with Gasteiger partial charge in [-0.25, -0.2) is 8.42 Å². The highest BCUT2D eigenvalue weighted by Crippen LogP contribution is 2.25. The molecule has 2 N–H and O–H groups in total. The van der Waals surface area contributed by atoms with Crippen LogP contribution in [0.15, 0.2) is 4.90 Å². The zero-order valence-electron chi connectivity index (χ0n) is 10.8. The number of hydrogen-bond donors (Lipinski definition) is 1. The maximum atomic E-state index is 12.5. The fraction of sp³-hybridized carbons (Fsp3) is 0.545. The molecular weight excluding hydrogens is 252 g/mol. The number of rotatable bonds is 5. The Morgan fingerprint density at radius 1 is 1.56 bits per heavy atom. The van der Waals surface area contributed by atoms with E-state index in [9.17, 15) is 8.42 Å². The molecule has 0 saturated carbocycles. The number of aromatic nitrogens is 2. The average Bonchev–Trinajstić information content (AvgIpc) is 2.53. The van der Waals surface area contributed by atoms with Gasteiger partial charge in [0.2, 0.25) is 10.0 Å². The van der Waals surface area contributed by atoms with Gasteiger partial charge < -0.3 is 5.73 Å². The molecule has 0 fully saturated rings. The molecule has 1 aromatic rings. The van der Waals surface area contributed by atoms with Crippen LogP contribution in [0, 0.1) is 19.3 Å². The van der Waals surface area contributed by atoms with Crippen LogP contribution in [-0.4, -0.2) is 35.6 Å². The van der Waals surface area contributed by atoms with Gasteiger partial charge in [0.1, 0.15) is 4.90 Å². The fourth-order valence-electron chi connectivity index (χ4n) is 1.70. The van der Waals surface area contributed by atoms with E-state index in [1.54, 1.807) is 14.0 Å². The number of nitrogens with two attached hydrogens (primary N) is 1. The summed E-state index contributed by atoms with van der Waals surface area (Å²) in [5.41, 5.74) is 6.17. The summed E-state index contributed by atoms with van der Waals surface area (Å²) in [6.45, 7) is 3.94. The lowest BCUT2D eigenvalue weighted by molar-refractivity contribution is 0.445. The lowest BCUT2D eigenvalue weighted by Crippen LogP contribution is -2.33. The molecule has 0 aliphatic carbocycles. The Morgan fingerprint density at radius 2 is 2.17 bits per heavy atom. The predicted octanol–water partition coefficient (Wildman–Crippen LogP) is 0.345. The van der Waals surface area contributed by atoms with E-state index in [1.807, 2.05) is 6.92 Å². The van der Waals surface area contributed by atoms with Crippen LogP contribution in [0.5, 0.6) is 0 Å². The monoisotopic (exact) mass is 270 g/mol. The fourth-order valence-corrected chi connectivity index (χ4v) is 3.43. The highest BCUT2D eigenvalue weighted by molar-refractivity contribution is 7.89. The minimum Gasteiger partial charge on any atom is -0.381 e. The molecule has 6 nitrogen and oxygen atoms in total. The molecule has 0 unspecified atom stereocenters. The van der Waals surface area contributed by atoms with E-state index in [1.165, 1.54) is 8.99 Å². The normalized spacial score (nSPS) is 11.7. The van der Waals surface area contributed by atoms with Crippen LogP contribution < -0.4 is 5.73 Å². The van der Waals surface area contributed by atoms with Crippen molar-refractivity contribution >= 4 is 15.8 Å². The largest absolute Gasteiger partial charge is 0.381 e. The summed E-state index contributed by atoms with van der Waals surface area (Å²) in [4.78, 5) is 0.0497. The van der Waals surface area contributed by atoms with Gasteiger partial charge in [-0.15, -0.1) is 6.42 Å². The summed E-state index contributed by atoms with van der Waals surface area (Å²) in [6.07, 6.45) is 5.89. The molecule has 0 atom stereocenters. The van der Waals surface area contributed by atoms with Crippen LogP contribution in [0.3, 0.4) is 0 Å². The lowest BCUT2D eigenvalue weighted by Gasteiger charge is -2.19. The molecule has 1 aromatic heterocycles. The summed E-state index contributed by atoms with van der Waals surface area (Å²) in [7, 11) is -2.03. The quantitative estimate of drug-likeness (QED) is 0.783. The maximum absolute atomic E-state index is 12.5. The van der Waals surface area contributed by atoms with E-state index >= 15 is 0 Å². The van der Waals surface area contributed by atoms with E-state index in [4.69, 9.17) is 12.2 Å². The standard InChI is InChI=1S/C11H18N4O2S/c1-5-7-15(8-6-2)18(16,17)10-9(3)14(4)13-11(10)12/h1H,6-8H2,2-4H3,(H2,12,13). The van der Waals surface area contributed by atoms with Crippen molar-refractivity contribution in [2.75, 3.05) is 18.8 Å². The summed E-state index contributed by atoms with van der Waals surface area (Å²) < 4.78 is 27.6. The van der Waals surface area contributed by atoms with Crippen molar-refractivity contribution < 1.29 is 8.42 Å². The molecule has 18 heavy (non-hydrogen) atoms. The third kappa shape index (κ3) is 2.49. The van der Waals surface area contributed by atoms with E-state index in [0.717, 1.165) is 0 Å². The third-order valence-electron chi connectivity index (χ3n) is 2.64. The van der Waals surface area contributed by atoms with Gasteiger partial charge in [-0.2, -0.15) is 9.40 Å². The number of sulfonamides is 1. The van der Waals surface area contributed by atoms with Crippen molar-refractivity contribution in [1.29, 1.82) is 0 Å². The van der Waals surface area contributed by atoms with Crippen molar-refractivity contribution in [1.82, 2.24) is 14.1 Å². The molecule has 0 amide bonds. The summed E-state index contributed by atoms with van der Waals surface area (Å²) in [6, 6.07) is 0. The van der Waals surface area contributed by atoms with Crippen LogP contribution in [0.1, 0.15) is 19.0 Å². The van der Waals surface area contributed by atoms with Crippen LogP contribution in [-0.2, 0) is 17.1 Å². The minimum absolute atomic E-state index is 0.00752. The van der Waals surface area contributed by atoms with Crippen molar-refractivity contribution in [3.63, 3.8) is 0 Å². The molecule has 1 heterocycles. The summed E-state index contributed by atoms with van der Waals surface area (Å²) in [5.74, 6) is 2.36. The first-order valence-electron chi connectivity index (χ1n) is 5.58. The number of anilines is 1. The van der Waals surface area contributed by atoms with E-state index in [2.05, 4.69) is 11.0 Å². The Balaban J connectivity index is 3.31. The molecule has 0 aliphatic heterocycles. The lowest BCUT2D eigenvalue weighted by atomic mass is 10.4. The van der Waals surface area contributed by atoms with Crippen molar-refractivity contribution in [3.05, 3.63) is 5.69 Å². The highest BCUT2D eigenvalue weighted by Gasteiger charge is 2.30. The Kier molecular flexibility index (Phi) is 4.38. The predicted molar refractivity (Wildman–Crippen MR) is 70.2 cm³/mol. The minimum atomic E-state index is -3.68. The first-order valence-corrected chi connectivity index (χ1v) is 7.02. The molecule has 0 bridgehead atoms. The number of terminal acetylenes is 1. The van der Waals surface area contributed by atoms with Gasteiger partial charge in [-0.3, -0.25) is 4.68 Å². The van der Waals surface area contributed by atoms with Gasteiger partial charge in [-0.1, -0.05) is 12.8 Å². The van der Waals surface area contributed by atoms with Crippen LogP contribution in [0.2, 0.25) is 0 Å². The second kappa shape index (κ2) is 5.42. The van der Waals surface area contributed by atoms with Crippen LogP contribution in [0.4, 0.5) is 5.82 Å². The second-order valence-electron chi connectivity index (χ2n) is 3.97. The second-order valence-corrected chi connectivity index (χ2v) is 5.84. The molecule has 1 rings (SSSR count). The highest BCUT2D eigenvalue weighted by atomic mass is 32.2. The summed E-state index contributed by atoms with van der Waals surface area (Å²) in [5, 5.41) is 3.92. The number of nitrogen functional groups attached to an aromatic ring is 1. The SMILES string of the molecule is C#CCN(CCC)S(=O)(=O)c1c(N)nn(C)c1C. The van der Waals surface area contributed by atoms with Gasteiger partial charge in [0.25, 0.3) is 0 Å². The van der Waals surface area contributed by atoms with Gasteiger partial charge in [0.15, 0.2) is 5.82 Å². The van der Waals surface area contributed by atoms with Gasteiger partial charge >= 0.3 is 0 Å². The van der Waals surface area contributed by atoms with Crippen molar-refractivity contribution in [3.8, 4) is 12.3 Å². The molecule has 0 aromatic carbocycles. The zero-order chi connectivity index (χ0) is 13.9. The van der Waals surface area contributed by atoms with E-state index in [0.29, 0.717) is 18.7 Å². The number of aryl methyl sites for hydroxylation is 1. The van der Waals surface area contributed by atoms with Crippen molar-refractivity contribution in [2.24, 2.45) is 7.05 Å².